The summed E-state index contributed by atoms with van der Waals surface area (Å²) in [7, 11) is -3.28. The van der Waals surface area contributed by atoms with E-state index < -0.39 is 10.0 Å². The van der Waals surface area contributed by atoms with Gasteiger partial charge in [-0.25, -0.2) is 13.1 Å². The Morgan fingerprint density at radius 3 is 2.30 bits per heavy atom. The zero-order chi connectivity index (χ0) is 19.3. The van der Waals surface area contributed by atoms with Gasteiger partial charge < -0.3 is 5.73 Å². The van der Waals surface area contributed by atoms with Gasteiger partial charge in [0.1, 0.15) is 0 Å². The molecule has 1 fully saturated rings. The summed E-state index contributed by atoms with van der Waals surface area (Å²) in [6.07, 6.45) is 3.90. The maximum absolute atomic E-state index is 12.4. The fourth-order valence-corrected chi connectivity index (χ4v) is 5.44. The van der Waals surface area contributed by atoms with E-state index in [2.05, 4.69) is 10.8 Å². The molecule has 1 saturated carbocycles. The fourth-order valence-electron chi connectivity index (χ4n) is 3.78. The predicted octanol–water partition coefficient (Wildman–Crippen LogP) is 4.19. The number of nitrogens with two attached hydrogens (primary N) is 1. The van der Waals surface area contributed by atoms with Crippen molar-refractivity contribution >= 4 is 21.6 Å². The van der Waals surface area contributed by atoms with Crippen molar-refractivity contribution in [1.82, 2.24) is 4.72 Å². The summed E-state index contributed by atoms with van der Waals surface area (Å²) in [6, 6.07) is 15.7. The third-order valence-corrected chi connectivity index (χ3v) is 7.11. The van der Waals surface area contributed by atoms with Gasteiger partial charge in [0.2, 0.25) is 10.0 Å². The molecular weight excluding hydrogens is 380 g/mol. The van der Waals surface area contributed by atoms with Crippen LogP contribution in [0.4, 0.5) is 0 Å². The smallest absolute Gasteiger partial charge is 0.212 e. The molecule has 0 unspecified atom stereocenters. The highest BCUT2D eigenvalue weighted by atomic mass is 35.5. The summed E-state index contributed by atoms with van der Waals surface area (Å²) in [6.45, 7) is 0.814. The molecule has 4 nitrogen and oxygen atoms in total. The Kier molecular flexibility index (Phi) is 6.93. The molecule has 0 spiro atoms. The van der Waals surface area contributed by atoms with Crippen LogP contribution in [0.2, 0.25) is 5.02 Å². The van der Waals surface area contributed by atoms with Crippen molar-refractivity contribution in [3.05, 3.63) is 70.2 Å². The summed E-state index contributed by atoms with van der Waals surface area (Å²) >= 11 is 6.09. The molecule has 0 saturated heterocycles. The second kappa shape index (κ2) is 9.20. The first-order valence-corrected chi connectivity index (χ1v) is 11.5. The Bertz CT molecular complexity index is 845. The molecule has 27 heavy (non-hydrogen) atoms. The molecule has 3 N–H and O–H groups in total. The van der Waals surface area contributed by atoms with Gasteiger partial charge in [0.15, 0.2) is 0 Å². The van der Waals surface area contributed by atoms with Crippen molar-refractivity contribution in [2.75, 3.05) is 5.75 Å². The van der Waals surface area contributed by atoms with E-state index in [0.29, 0.717) is 19.0 Å². The lowest BCUT2D eigenvalue weighted by Gasteiger charge is -2.28. The highest BCUT2D eigenvalue weighted by molar-refractivity contribution is 7.89. The van der Waals surface area contributed by atoms with E-state index in [9.17, 15) is 8.42 Å². The minimum atomic E-state index is -3.28. The lowest BCUT2D eigenvalue weighted by Crippen LogP contribution is -2.31. The maximum Gasteiger partial charge on any atom is 0.212 e. The van der Waals surface area contributed by atoms with Gasteiger partial charge in [0.05, 0.1) is 5.75 Å². The highest BCUT2D eigenvalue weighted by Gasteiger charge is 2.26. The van der Waals surface area contributed by atoms with Crippen LogP contribution in [0.1, 0.15) is 48.3 Å². The molecule has 3 rings (SSSR count). The van der Waals surface area contributed by atoms with Crippen LogP contribution in [-0.2, 0) is 23.1 Å². The van der Waals surface area contributed by atoms with E-state index in [-0.39, 0.29) is 11.7 Å². The Balaban J connectivity index is 1.48. The molecule has 0 atom stereocenters. The number of nitrogens with one attached hydrogen (secondary N) is 1. The zero-order valence-corrected chi connectivity index (χ0v) is 17.0. The summed E-state index contributed by atoms with van der Waals surface area (Å²) < 4.78 is 27.6. The molecule has 0 aromatic heterocycles. The highest BCUT2D eigenvalue weighted by Crippen LogP contribution is 2.36. The van der Waals surface area contributed by atoms with Crippen molar-refractivity contribution in [3.63, 3.8) is 0 Å². The molecule has 0 amide bonds. The maximum atomic E-state index is 12.4. The minimum Gasteiger partial charge on any atom is -0.326 e. The molecule has 1 aliphatic rings. The van der Waals surface area contributed by atoms with Crippen LogP contribution < -0.4 is 10.5 Å². The summed E-state index contributed by atoms with van der Waals surface area (Å²) in [5, 5.41) is 0.765. The van der Waals surface area contributed by atoms with Crippen LogP contribution in [0.5, 0.6) is 0 Å². The largest absolute Gasteiger partial charge is 0.326 e. The number of hydrogen-bond donors (Lipinski definition) is 2. The fraction of sp³-hybridized carbons (Fsp3) is 0.429. The van der Waals surface area contributed by atoms with Gasteiger partial charge in [-0.1, -0.05) is 48.0 Å². The predicted molar refractivity (Wildman–Crippen MR) is 111 cm³/mol. The first-order valence-electron chi connectivity index (χ1n) is 9.46. The topological polar surface area (TPSA) is 72.2 Å². The van der Waals surface area contributed by atoms with E-state index in [1.54, 1.807) is 0 Å². The Morgan fingerprint density at radius 2 is 1.67 bits per heavy atom. The van der Waals surface area contributed by atoms with Crippen LogP contribution in [0.25, 0.3) is 0 Å². The third-order valence-electron chi connectivity index (χ3n) is 5.38. The zero-order valence-electron chi connectivity index (χ0n) is 15.4. The Hall–Kier alpha value is -1.40. The van der Waals surface area contributed by atoms with E-state index >= 15 is 0 Å². The molecule has 146 valence electrons. The molecule has 2 aromatic carbocycles. The van der Waals surface area contributed by atoms with Crippen LogP contribution >= 0.6 is 11.6 Å². The number of halogens is 1. The van der Waals surface area contributed by atoms with Gasteiger partial charge in [0.25, 0.3) is 0 Å². The Morgan fingerprint density at radius 1 is 1.00 bits per heavy atom. The average Bonchev–Trinajstić information content (AvgIpc) is 2.67. The SMILES string of the molecule is NCc1ccc(CNS(=O)(=O)CC2CCC(c3cccc(Cl)c3)CC2)cc1. The van der Waals surface area contributed by atoms with Gasteiger partial charge in [-0.2, -0.15) is 0 Å². The molecule has 0 aliphatic heterocycles. The molecular formula is C21H27ClN2O2S. The van der Waals surface area contributed by atoms with Crippen LogP contribution in [0, 0.1) is 5.92 Å². The van der Waals surface area contributed by atoms with Gasteiger partial charge >= 0.3 is 0 Å². The van der Waals surface area contributed by atoms with Gasteiger partial charge in [-0.15, -0.1) is 0 Å². The van der Waals surface area contributed by atoms with Crippen molar-refractivity contribution in [2.24, 2.45) is 11.7 Å². The molecule has 1 aliphatic carbocycles. The lowest BCUT2D eigenvalue weighted by atomic mass is 9.79. The molecule has 0 heterocycles. The number of sulfonamides is 1. The van der Waals surface area contributed by atoms with Gasteiger partial charge in [0, 0.05) is 18.1 Å². The van der Waals surface area contributed by atoms with E-state index in [1.807, 2.05) is 42.5 Å². The second-order valence-corrected chi connectivity index (χ2v) is 9.68. The van der Waals surface area contributed by atoms with Gasteiger partial charge in [-0.3, -0.25) is 0 Å². The first kappa shape index (κ1) is 20.3. The summed E-state index contributed by atoms with van der Waals surface area (Å²) in [5.74, 6) is 0.907. The average molecular weight is 407 g/mol. The molecule has 6 heteroatoms. The molecule has 2 aromatic rings. The van der Waals surface area contributed by atoms with E-state index in [0.717, 1.165) is 41.8 Å². The molecule has 0 bridgehead atoms. The quantitative estimate of drug-likeness (QED) is 0.724. The van der Waals surface area contributed by atoms with Crippen molar-refractivity contribution in [1.29, 1.82) is 0 Å². The van der Waals surface area contributed by atoms with Crippen LogP contribution in [0.15, 0.2) is 48.5 Å². The first-order chi connectivity index (χ1) is 12.9. The van der Waals surface area contributed by atoms with E-state index in [4.69, 9.17) is 17.3 Å². The summed E-state index contributed by atoms with van der Waals surface area (Å²) in [5.41, 5.74) is 8.83. The lowest BCUT2D eigenvalue weighted by molar-refractivity contribution is 0.347. The van der Waals surface area contributed by atoms with Crippen molar-refractivity contribution < 1.29 is 8.42 Å². The van der Waals surface area contributed by atoms with Crippen LogP contribution in [-0.4, -0.2) is 14.2 Å². The van der Waals surface area contributed by atoms with Crippen molar-refractivity contribution in [2.45, 2.75) is 44.7 Å². The molecule has 0 radical (unpaired) electrons. The summed E-state index contributed by atoms with van der Waals surface area (Å²) in [4.78, 5) is 0. The van der Waals surface area contributed by atoms with Crippen LogP contribution in [0.3, 0.4) is 0 Å². The number of rotatable bonds is 7. The third kappa shape index (κ3) is 6.04. The number of benzene rings is 2. The van der Waals surface area contributed by atoms with Gasteiger partial charge in [-0.05, 0) is 66.3 Å². The number of hydrogen-bond acceptors (Lipinski definition) is 3. The monoisotopic (exact) mass is 406 g/mol. The standard InChI is InChI=1S/C21H27ClN2O2S/c22-21-3-1-2-20(12-21)19-10-8-18(9-11-19)15-27(25,26)24-14-17-6-4-16(13-23)5-7-17/h1-7,12,18-19,24H,8-11,13-15,23H2. The normalized spacial score (nSPS) is 20.5. The van der Waals surface area contributed by atoms with Crippen molar-refractivity contribution in [3.8, 4) is 0 Å². The van der Waals surface area contributed by atoms with E-state index in [1.165, 1.54) is 5.56 Å². The second-order valence-electron chi connectivity index (χ2n) is 7.40. The Labute approximate surface area is 167 Å². The minimum absolute atomic E-state index is 0.205.